The Bertz CT molecular complexity index is 3070. The second-order valence-electron chi connectivity index (χ2n) is 16.6. The first-order chi connectivity index (χ1) is 28.9. The van der Waals surface area contributed by atoms with Crippen molar-refractivity contribution in [2.24, 2.45) is 0 Å². The number of anilines is 3. The standard InChI is InChI=1S/C57H43NO/c1-37-17-10-12-23-43(37)54-52(27-16-28-53(54)59)58(41-30-33-46-45-25-14-15-26-49(45)56(2,3)50(46)35-41)42-31-34-47-48-32-29-38-18-11-13-24-44(38)55(48)57(51(47)36-42,39-19-6-4-7-20-39)40-21-8-5-9-22-40/h4-36,59H,1-3H3. The van der Waals surface area contributed by atoms with Crippen molar-refractivity contribution >= 4 is 27.8 Å². The number of hydrogen-bond donors (Lipinski definition) is 1. The maximum absolute atomic E-state index is 11.9. The van der Waals surface area contributed by atoms with Crippen LogP contribution in [0.5, 0.6) is 5.75 Å². The van der Waals surface area contributed by atoms with Crippen LogP contribution in [0.3, 0.4) is 0 Å². The Kier molecular flexibility index (Phi) is 7.83. The smallest absolute Gasteiger partial charge is 0.125 e. The van der Waals surface area contributed by atoms with Gasteiger partial charge < -0.3 is 10.0 Å². The summed E-state index contributed by atoms with van der Waals surface area (Å²) in [5, 5.41) is 14.4. The van der Waals surface area contributed by atoms with E-state index in [1.54, 1.807) is 0 Å². The van der Waals surface area contributed by atoms with E-state index in [0.29, 0.717) is 0 Å². The fourth-order valence-electron chi connectivity index (χ4n) is 10.5. The van der Waals surface area contributed by atoms with Gasteiger partial charge in [0.25, 0.3) is 0 Å². The average Bonchev–Trinajstić information content (AvgIpc) is 3.70. The van der Waals surface area contributed by atoms with Crippen molar-refractivity contribution in [2.45, 2.75) is 31.6 Å². The molecule has 0 bridgehead atoms. The molecule has 0 saturated heterocycles. The lowest BCUT2D eigenvalue weighted by molar-refractivity contribution is 0.477. The van der Waals surface area contributed by atoms with E-state index in [9.17, 15) is 5.11 Å². The fourth-order valence-corrected chi connectivity index (χ4v) is 10.5. The van der Waals surface area contributed by atoms with Crippen LogP contribution < -0.4 is 4.90 Å². The van der Waals surface area contributed by atoms with E-state index < -0.39 is 5.41 Å². The van der Waals surface area contributed by atoms with Gasteiger partial charge in [0.05, 0.1) is 11.1 Å². The van der Waals surface area contributed by atoms with Gasteiger partial charge in [0.1, 0.15) is 5.75 Å². The van der Waals surface area contributed by atoms with Gasteiger partial charge in [-0.25, -0.2) is 0 Å². The van der Waals surface area contributed by atoms with E-state index in [4.69, 9.17) is 0 Å². The van der Waals surface area contributed by atoms with Gasteiger partial charge in [-0.3, -0.25) is 0 Å². The number of benzene rings is 9. The quantitative estimate of drug-likeness (QED) is 0.183. The molecule has 59 heavy (non-hydrogen) atoms. The summed E-state index contributed by atoms with van der Waals surface area (Å²) in [5.74, 6) is 0.249. The molecule has 0 fully saturated rings. The van der Waals surface area contributed by atoms with Gasteiger partial charge in [0, 0.05) is 22.4 Å². The Hall–Kier alpha value is -7.16. The lowest BCUT2D eigenvalue weighted by Crippen LogP contribution is -2.29. The Labute approximate surface area is 346 Å². The van der Waals surface area contributed by atoms with Crippen LogP contribution in [-0.4, -0.2) is 5.11 Å². The van der Waals surface area contributed by atoms with Gasteiger partial charge in [-0.05, 0) is 121 Å². The molecule has 2 aliphatic carbocycles. The lowest BCUT2D eigenvalue weighted by Gasteiger charge is -2.36. The van der Waals surface area contributed by atoms with Crippen molar-refractivity contribution in [3.05, 3.63) is 239 Å². The number of hydrogen-bond acceptors (Lipinski definition) is 2. The second kappa shape index (κ2) is 13.2. The Morgan fingerprint density at radius 2 is 1.00 bits per heavy atom. The van der Waals surface area contributed by atoms with Crippen LogP contribution in [0.2, 0.25) is 0 Å². The summed E-state index contributed by atoms with van der Waals surface area (Å²) in [5.41, 5.74) is 17.7. The van der Waals surface area contributed by atoms with Crippen molar-refractivity contribution < 1.29 is 5.11 Å². The van der Waals surface area contributed by atoms with Crippen LogP contribution in [0.1, 0.15) is 52.8 Å². The zero-order valence-corrected chi connectivity index (χ0v) is 33.4. The number of rotatable bonds is 6. The second-order valence-corrected chi connectivity index (χ2v) is 16.6. The van der Waals surface area contributed by atoms with E-state index in [1.165, 1.54) is 66.4 Å². The molecule has 9 aromatic rings. The molecule has 2 heteroatoms. The summed E-state index contributed by atoms with van der Waals surface area (Å²) in [6.07, 6.45) is 0. The van der Waals surface area contributed by atoms with Crippen molar-refractivity contribution in [3.63, 3.8) is 0 Å². The van der Waals surface area contributed by atoms with Crippen molar-refractivity contribution in [1.82, 2.24) is 0 Å². The van der Waals surface area contributed by atoms with Gasteiger partial charge in [-0.1, -0.05) is 178 Å². The van der Waals surface area contributed by atoms with Crippen molar-refractivity contribution in [3.8, 4) is 39.1 Å². The maximum atomic E-state index is 11.9. The van der Waals surface area contributed by atoms with E-state index in [1.807, 2.05) is 12.1 Å². The van der Waals surface area contributed by atoms with Gasteiger partial charge in [-0.15, -0.1) is 0 Å². The van der Waals surface area contributed by atoms with Crippen molar-refractivity contribution in [2.75, 3.05) is 4.90 Å². The average molecular weight is 758 g/mol. The van der Waals surface area contributed by atoms with Gasteiger partial charge in [0.2, 0.25) is 0 Å². The van der Waals surface area contributed by atoms with E-state index in [-0.39, 0.29) is 11.2 Å². The molecule has 282 valence electrons. The molecule has 0 atom stereocenters. The number of aryl methyl sites for hydroxylation is 1. The van der Waals surface area contributed by atoms with Crippen LogP contribution in [0, 0.1) is 6.92 Å². The minimum Gasteiger partial charge on any atom is -0.507 e. The van der Waals surface area contributed by atoms with Gasteiger partial charge >= 0.3 is 0 Å². The number of nitrogens with zero attached hydrogens (tertiary/aromatic N) is 1. The normalized spacial score (nSPS) is 14.0. The SMILES string of the molecule is Cc1ccccc1-c1c(O)cccc1N(c1ccc2c(c1)C(C)(C)c1ccccc1-2)c1ccc2c(c1)C(c1ccccc1)(c1ccccc1)c1c-2ccc2ccccc12. The molecule has 11 rings (SSSR count). The highest BCUT2D eigenvalue weighted by atomic mass is 16.3. The highest BCUT2D eigenvalue weighted by Gasteiger charge is 2.47. The largest absolute Gasteiger partial charge is 0.507 e. The molecular formula is C57H43NO. The monoisotopic (exact) mass is 757 g/mol. The summed E-state index contributed by atoms with van der Waals surface area (Å²) in [6.45, 7) is 6.80. The molecule has 0 aliphatic heterocycles. The summed E-state index contributed by atoms with van der Waals surface area (Å²) in [7, 11) is 0. The third kappa shape index (κ3) is 5.06. The van der Waals surface area contributed by atoms with Crippen LogP contribution in [0.4, 0.5) is 17.1 Å². The molecule has 0 saturated carbocycles. The van der Waals surface area contributed by atoms with Crippen LogP contribution in [-0.2, 0) is 10.8 Å². The summed E-state index contributed by atoms with van der Waals surface area (Å²) in [6, 6.07) is 72.6. The molecule has 2 aliphatic rings. The molecule has 2 nitrogen and oxygen atoms in total. The molecule has 1 N–H and O–H groups in total. The molecule has 9 aromatic carbocycles. The van der Waals surface area contributed by atoms with Gasteiger partial charge in [0.15, 0.2) is 0 Å². The molecule has 0 heterocycles. The molecule has 0 spiro atoms. The Morgan fingerprint density at radius 3 is 1.71 bits per heavy atom. The van der Waals surface area contributed by atoms with Crippen LogP contribution in [0.25, 0.3) is 44.2 Å². The Balaban J connectivity index is 1.24. The zero-order valence-electron chi connectivity index (χ0n) is 33.4. The molecular weight excluding hydrogens is 715 g/mol. The lowest BCUT2D eigenvalue weighted by atomic mass is 9.66. The van der Waals surface area contributed by atoms with Crippen LogP contribution >= 0.6 is 0 Å². The highest BCUT2D eigenvalue weighted by Crippen LogP contribution is 2.60. The first-order valence-electron chi connectivity index (χ1n) is 20.6. The topological polar surface area (TPSA) is 23.5 Å². The van der Waals surface area contributed by atoms with Crippen molar-refractivity contribution in [1.29, 1.82) is 0 Å². The Morgan fingerprint density at radius 1 is 0.441 bits per heavy atom. The van der Waals surface area contributed by atoms with E-state index in [0.717, 1.165) is 33.8 Å². The van der Waals surface area contributed by atoms with Crippen LogP contribution in [0.15, 0.2) is 200 Å². The molecule has 0 aromatic heterocycles. The van der Waals surface area contributed by atoms with Gasteiger partial charge in [-0.2, -0.15) is 0 Å². The molecule has 0 amide bonds. The third-order valence-electron chi connectivity index (χ3n) is 13.2. The predicted octanol–water partition coefficient (Wildman–Crippen LogP) is 14.7. The summed E-state index contributed by atoms with van der Waals surface area (Å²) < 4.78 is 0. The maximum Gasteiger partial charge on any atom is 0.125 e. The predicted molar refractivity (Wildman–Crippen MR) is 245 cm³/mol. The van der Waals surface area contributed by atoms with E-state index >= 15 is 0 Å². The van der Waals surface area contributed by atoms with E-state index in [2.05, 4.69) is 214 Å². The number of fused-ring (bicyclic) bond motifs is 8. The number of phenolic OH excluding ortho intramolecular Hbond substituents is 1. The number of aromatic hydroxyl groups is 1. The molecule has 0 radical (unpaired) electrons. The molecule has 0 unspecified atom stereocenters. The summed E-state index contributed by atoms with van der Waals surface area (Å²) >= 11 is 0. The zero-order chi connectivity index (χ0) is 39.9. The first-order valence-corrected chi connectivity index (χ1v) is 20.6. The third-order valence-corrected chi connectivity index (χ3v) is 13.2. The minimum atomic E-state index is -0.616. The number of phenols is 1. The highest BCUT2D eigenvalue weighted by molar-refractivity contribution is 6.02. The fraction of sp³-hybridized carbons (Fsp3) is 0.0877. The first kappa shape index (κ1) is 35.0. The minimum absolute atomic E-state index is 0.193. The summed E-state index contributed by atoms with van der Waals surface area (Å²) in [4.78, 5) is 2.38.